The van der Waals surface area contributed by atoms with E-state index in [0.29, 0.717) is 28.3 Å². The molecular formula is C24H22Cl3N3O3. The maximum atomic E-state index is 12.7. The van der Waals surface area contributed by atoms with E-state index in [0.717, 1.165) is 5.56 Å². The van der Waals surface area contributed by atoms with Gasteiger partial charge in [-0.2, -0.15) is 0 Å². The minimum atomic E-state index is -0.540. The number of aliphatic hydroxyl groups is 1. The first kappa shape index (κ1) is 25.0. The van der Waals surface area contributed by atoms with Crippen LogP contribution in [0.3, 0.4) is 0 Å². The normalized spacial score (nSPS) is 11.7. The summed E-state index contributed by atoms with van der Waals surface area (Å²) in [6.45, 7) is -0.0999. The van der Waals surface area contributed by atoms with Crippen molar-refractivity contribution in [3.63, 3.8) is 0 Å². The number of anilines is 1. The van der Waals surface area contributed by atoms with Gasteiger partial charge in [0.05, 0.1) is 38.8 Å². The molecule has 1 unspecified atom stereocenters. The average molecular weight is 507 g/mol. The zero-order valence-electron chi connectivity index (χ0n) is 17.4. The number of hydrogen-bond acceptors (Lipinski definition) is 4. The zero-order chi connectivity index (χ0) is 24.0. The Morgan fingerprint density at radius 2 is 1.42 bits per heavy atom. The van der Waals surface area contributed by atoms with Crippen molar-refractivity contribution in [2.45, 2.75) is 19.0 Å². The van der Waals surface area contributed by atoms with E-state index in [1.807, 2.05) is 0 Å². The lowest BCUT2D eigenvalue weighted by Crippen LogP contribution is -2.39. The standard InChI is InChI=1S/C24H22Cl3N3O3/c25-18-4-1-3-15(12-28)21(18)23(32)30-17(13-31)11-14-7-9-16(10-8-14)29-24(33)22-19(26)5-2-6-20(22)27/h1-10,17,31H,11-13,28H2,(H,29,33)(H,30,32). The summed E-state index contributed by atoms with van der Waals surface area (Å²) in [6.07, 6.45) is 0.370. The Morgan fingerprint density at radius 3 is 2.00 bits per heavy atom. The first-order valence-electron chi connectivity index (χ1n) is 10.1. The molecule has 0 fully saturated rings. The van der Waals surface area contributed by atoms with Gasteiger partial charge < -0.3 is 21.5 Å². The quantitative estimate of drug-likeness (QED) is 0.356. The molecule has 3 rings (SSSR count). The number of hydrogen-bond donors (Lipinski definition) is 4. The van der Waals surface area contributed by atoms with Crippen molar-refractivity contribution in [3.05, 3.63) is 98.0 Å². The van der Waals surface area contributed by atoms with Crippen molar-refractivity contribution in [3.8, 4) is 0 Å². The van der Waals surface area contributed by atoms with Crippen molar-refractivity contribution in [2.24, 2.45) is 5.73 Å². The summed E-state index contributed by atoms with van der Waals surface area (Å²) in [7, 11) is 0. The Morgan fingerprint density at radius 1 is 0.848 bits per heavy atom. The van der Waals surface area contributed by atoms with Crippen LogP contribution < -0.4 is 16.4 Å². The summed E-state index contributed by atoms with van der Waals surface area (Å²) >= 11 is 18.4. The number of halogens is 3. The molecule has 0 radical (unpaired) electrons. The van der Waals surface area contributed by atoms with Crippen LogP contribution in [0.15, 0.2) is 60.7 Å². The predicted molar refractivity (Wildman–Crippen MR) is 132 cm³/mol. The molecule has 172 valence electrons. The highest BCUT2D eigenvalue weighted by molar-refractivity contribution is 6.40. The van der Waals surface area contributed by atoms with Crippen molar-refractivity contribution in [1.82, 2.24) is 5.32 Å². The molecule has 0 spiro atoms. The fourth-order valence-corrected chi connectivity index (χ4v) is 4.18. The summed E-state index contributed by atoms with van der Waals surface area (Å²) in [6, 6.07) is 16.4. The molecule has 0 aliphatic rings. The molecule has 0 saturated heterocycles. The number of aliphatic hydroxyl groups excluding tert-OH is 1. The van der Waals surface area contributed by atoms with E-state index in [2.05, 4.69) is 10.6 Å². The summed E-state index contributed by atoms with van der Waals surface area (Å²) in [4.78, 5) is 25.3. The molecule has 5 N–H and O–H groups in total. The van der Waals surface area contributed by atoms with Gasteiger partial charge in [-0.15, -0.1) is 0 Å². The van der Waals surface area contributed by atoms with Crippen LogP contribution in [0.1, 0.15) is 31.8 Å². The van der Waals surface area contributed by atoms with Crippen LogP contribution in [0.5, 0.6) is 0 Å². The number of carbonyl (C=O) groups is 2. The first-order chi connectivity index (χ1) is 15.8. The Hall–Kier alpha value is -2.61. The van der Waals surface area contributed by atoms with Crippen LogP contribution in [0, 0.1) is 0 Å². The molecule has 0 aliphatic heterocycles. The van der Waals surface area contributed by atoms with Crippen molar-refractivity contribution < 1.29 is 14.7 Å². The molecule has 0 heterocycles. The van der Waals surface area contributed by atoms with Gasteiger partial charge in [-0.25, -0.2) is 0 Å². The largest absolute Gasteiger partial charge is 0.394 e. The minimum absolute atomic E-state index is 0.166. The predicted octanol–water partition coefficient (Wildman–Crippen LogP) is 4.69. The highest BCUT2D eigenvalue weighted by Gasteiger charge is 2.19. The van der Waals surface area contributed by atoms with E-state index < -0.39 is 17.9 Å². The third kappa shape index (κ3) is 6.25. The molecule has 3 aromatic rings. The Balaban J connectivity index is 1.66. The Bertz CT molecular complexity index is 1130. The van der Waals surface area contributed by atoms with E-state index in [9.17, 15) is 14.7 Å². The molecule has 0 aromatic heterocycles. The van der Waals surface area contributed by atoms with Gasteiger partial charge in [0.25, 0.3) is 11.8 Å². The Labute approximate surface area is 206 Å². The molecular weight excluding hydrogens is 485 g/mol. The molecule has 0 saturated carbocycles. The number of carbonyl (C=O) groups excluding carboxylic acids is 2. The second kappa shape index (κ2) is 11.5. The van der Waals surface area contributed by atoms with E-state index in [-0.39, 0.29) is 28.8 Å². The second-order valence-corrected chi connectivity index (χ2v) is 8.50. The molecule has 2 amide bonds. The molecule has 1 atom stereocenters. The van der Waals surface area contributed by atoms with Gasteiger partial charge in [0.1, 0.15) is 0 Å². The lowest BCUT2D eigenvalue weighted by Gasteiger charge is -2.18. The van der Waals surface area contributed by atoms with Crippen LogP contribution >= 0.6 is 34.8 Å². The monoisotopic (exact) mass is 505 g/mol. The smallest absolute Gasteiger partial charge is 0.258 e. The Kier molecular flexibility index (Phi) is 8.72. The van der Waals surface area contributed by atoms with E-state index in [1.54, 1.807) is 60.7 Å². The number of amides is 2. The maximum absolute atomic E-state index is 12.7. The first-order valence-corrected chi connectivity index (χ1v) is 11.2. The van der Waals surface area contributed by atoms with Gasteiger partial charge in [-0.3, -0.25) is 9.59 Å². The fourth-order valence-electron chi connectivity index (χ4n) is 3.33. The molecule has 3 aromatic carbocycles. The van der Waals surface area contributed by atoms with Crippen LogP contribution in [-0.4, -0.2) is 29.6 Å². The summed E-state index contributed by atoms with van der Waals surface area (Å²) in [5.41, 5.74) is 8.23. The highest BCUT2D eigenvalue weighted by atomic mass is 35.5. The average Bonchev–Trinajstić information content (AvgIpc) is 2.79. The van der Waals surface area contributed by atoms with Crippen LogP contribution in [0.25, 0.3) is 0 Å². The summed E-state index contributed by atoms with van der Waals surface area (Å²) in [5, 5.41) is 16.1. The van der Waals surface area contributed by atoms with Gasteiger partial charge in [0, 0.05) is 12.2 Å². The lowest BCUT2D eigenvalue weighted by atomic mass is 10.0. The number of nitrogens with two attached hydrogens (primary N) is 1. The van der Waals surface area contributed by atoms with E-state index in [1.165, 1.54) is 0 Å². The van der Waals surface area contributed by atoms with Gasteiger partial charge in [0.2, 0.25) is 0 Å². The maximum Gasteiger partial charge on any atom is 0.258 e. The van der Waals surface area contributed by atoms with E-state index in [4.69, 9.17) is 40.5 Å². The third-order valence-electron chi connectivity index (χ3n) is 4.99. The molecule has 0 aliphatic carbocycles. The number of rotatable bonds is 8. The minimum Gasteiger partial charge on any atom is -0.394 e. The van der Waals surface area contributed by atoms with Gasteiger partial charge in [-0.1, -0.05) is 65.1 Å². The number of benzene rings is 3. The van der Waals surface area contributed by atoms with Gasteiger partial charge in [0.15, 0.2) is 0 Å². The van der Waals surface area contributed by atoms with Crippen molar-refractivity contribution in [1.29, 1.82) is 0 Å². The SMILES string of the molecule is NCc1cccc(Cl)c1C(=O)NC(CO)Cc1ccc(NC(=O)c2c(Cl)cccc2Cl)cc1. The molecule has 0 bridgehead atoms. The fraction of sp³-hybridized carbons (Fsp3) is 0.167. The number of nitrogens with one attached hydrogen (secondary N) is 2. The molecule has 33 heavy (non-hydrogen) atoms. The highest BCUT2D eigenvalue weighted by Crippen LogP contribution is 2.25. The lowest BCUT2D eigenvalue weighted by molar-refractivity contribution is 0.0915. The zero-order valence-corrected chi connectivity index (χ0v) is 19.7. The van der Waals surface area contributed by atoms with Gasteiger partial charge >= 0.3 is 0 Å². The topological polar surface area (TPSA) is 104 Å². The van der Waals surface area contributed by atoms with Crippen molar-refractivity contribution in [2.75, 3.05) is 11.9 Å². The third-order valence-corrected chi connectivity index (χ3v) is 5.93. The van der Waals surface area contributed by atoms with Crippen LogP contribution in [0.4, 0.5) is 5.69 Å². The van der Waals surface area contributed by atoms with Crippen LogP contribution in [0.2, 0.25) is 15.1 Å². The summed E-state index contributed by atoms with van der Waals surface area (Å²) in [5.74, 6) is -0.824. The van der Waals surface area contributed by atoms with Crippen molar-refractivity contribution >= 4 is 52.3 Å². The van der Waals surface area contributed by atoms with Gasteiger partial charge in [-0.05, 0) is 47.9 Å². The van der Waals surface area contributed by atoms with Crippen LogP contribution in [-0.2, 0) is 13.0 Å². The molecule has 9 heteroatoms. The van der Waals surface area contributed by atoms with E-state index >= 15 is 0 Å². The second-order valence-electron chi connectivity index (χ2n) is 7.28. The molecule has 6 nitrogen and oxygen atoms in total. The summed E-state index contributed by atoms with van der Waals surface area (Å²) < 4.78 is 0.